The average Bonchev–Trinajstić information content (AvgIpc) is 3.14. The minimum Gasteiger partial charge on any atom is -0.497 e. The van der Waals surface area contributed by atoms with Crippen LogP contribution in [-0.4, -0.2) is 24.9 Å². The Morgan fingerprint density at radius 2 is 1.82 bits per heavy atom. The number of carbonyl (C=O) groups excluding carboxylic acids is 1. The van der Waals surface area contributed by atoms with Crippen molar-refractivity contribution in [1.82, 2.24) is 4.59 Å². The number of rotatable bonds is 4. The zero-order chi connectivity index (χ0) is 20.5. The van der Waals surface area contributed by atoms with Crippen molar-refractivity contribution in [2.75, 3.05) is 7.11 Å². The summed E-state index contributed by atoms with van der Waals surface area (Å²) in [5, 5.41) is 13.0. The van der Waals surface area contributed by atoms with Crippen molar-refractivity contribution in [2.24, 2.45) is 10.8 Å². The lowest BCUT2D eigenvalue weighted by molar-refractivity contribution is -0.0580. The van der Waals surface area contributed by atoms with Crippen LogP contribution < -0.4 is 15.1 Å². The van der Waals surface area contributed by atoms with Gasteiger partial charge >= 0.3 is 6.18 Å². The molecule has 9 heteroatoms. The van der Waals surface area contributed by atoms with Crippen molar-refractivity contribution in [3.8, 4) is 11.8 Å². The maximum absolute atomic E-state index is 13.3. The molecular weight excluding hydrogens is 373 g/mol. The van der Waals surface area contributed by atoms with Crippen LogP contribution in [0.1, 0.15) is 15.9 Å². The highest BCUT2D eigenvalue weighted by Gasteiger charge is 2.46. The maximum atomic E-state index is 13.3. The molecule has 1 aliphatic heterocycles. The Hall–Kier alpha value is -3.64. The Labute approximate surface area is 158 Å². The number of primary amides is 1. The minimum atomic E-state index is -4.65. The Bertz CT molecular complexity index is 1040. The van der Waals surface area contributed by atoms with Crippen molar-refractivity contribution in [2.45, 2.75) is 6.18 Å². The molecule has 2 N–H and O–H groups in total. The Morgan fingerprint density at radius 1 is 1.18 bits per heavy atom. The Balaban J connectivity index is 2.26. The number of hydrogen-bond acceptors (Lipinski definition) is 4. The summed E-state index contributed by atoms with van der Waals surface area (Å²) in [4.78, 5) is 11.7. The molecular formula is C19H14F3N4O2+. The van der Waals surface area contributed by atoms with E-state index in [0.717, 1.165) is 6.08 Å². The molecule has 0 spiro atoms. The van der Waals surface area contributed by atoms with Crippen molar-refractivity contribution in [1.29, 1.82) is 5.26 Å². The third kappa shape index (κ3) is 3.21. The van der Waals surface area contributed by atoms with Gasteiger partial charge in [0.05, 0.1) is 24.3 Å². The summed E-state index contributed by atoms with van der Waals surface area (Å²) >= 11 is 0. The van der Waals surface area contributed by atoms with Gasteiger partial charge in [0.1, 0.15) is 11.9 Å². The van der Waals surface area contributed by atoms with Gasteiger partial charge in [0.15, 0.2) is 11.4 Å². The summed E-state index contributed by atoms with van der Waals surface area (Å²) in [6, 6.07) is 12.2. The van der Waals surface area contributed by atoms with E-state index >= 15 is 0 Å². The highest BCUT2D eigenvalue weighted by atomic mass is 19.4. The molecule has 2 aromatic rings. The lowest BCUT2D eigenvalue weighted by atomic mass is 10.1. The molecule has 1 heterocycles. The maximum Gasteiger partial charge on any atom is 0.438 e. The van der Waals surface area contributed by atoms with Crippen LogP contribution in [0.3, 0.4) is 0 Å². The third-order valence-corrected chi connectivity index (χ3v) is 4.25. The molecule has 6 nitrogen and oxygen atoms in total. The number of carbonyl (C=O) groups is 1. The fourth-order valence-electron chi connectivity index (χ4n) is 2.86. The molecule has 0 radical (unpaired) electrons. The first-order chi connectivity index (χ1) is 13.2. The van der Waals surface area contributed by atoms with Crippen LogP contribution in [0.2, 0.25) is 0 Å². The molecule has 1 aliphatic rings. The number of allylic oxidation sites excluding steroid dienone is 1. The van der Waals surface area contributed by atoms with Crippen LogP contribution in [0.4, 0.5) is 24.5 Å². The van der Waals surface area contributed by atoms with E-state index in [9.17, 15) is 18.0 Å². The van der Waals surface area contributed by atoms with E-state index in [0.29, 0.717) is 11.4 Å². The van der Waals surface area contributed by atoms with Gasteiger partial charge < -0.3 is 10.5 Å². The Morgan fingerprint density at radius 3 is 2.32 bits per heavy atom. The summed E-state index contributed by atoms with van der Waals surface area (Å²) in [5.41, 5.74) is 4.76. The first-order valence-electron chi connectivity index (χ1n) is 7.96. The first-order valence-corrected chi connectivity index (χ1v) is 7.96. The monoisotopic (exact) mass is 387 g/mol. The second-order valence-electron chi connectivity index (χ2n) is 5.89. The highest BCUT2D eigenvalue weighted by Crippen LogP contribution is 2.41. The third-order valence-electron chi connectivity index (χ3n) is 4.25. The standard InChI is InChI=1S/C19H13F3N4O2/c1-28-15-6-4-13(5-7-15)26(9-8-17(25-26)19(20,21)22)14-3-2-12(11-23)16(10-14)18(24)27/h2-10H,1H3,(H-,24,27)/p+1. The number of amides is 1. The molecule has 0 bridgehead atoms. The number of methoxy groups -OCH3 is 1. The summed E-state index contributed by atoms with van der Waals surface area (Å²) in [7, 11) is 1.47. The summed E-state index contributed by atoms with van der Waals surface area (Å²) in [6.07, 6.45) is -2.54. The molecule has 1 amide bonds. The van der Waals surface area contributed by atoms with Crippen molar-refractivity contribution in [3.63, 3.8) is 0 Å². The minimum absolute atomic E-state index is 0.0207. The fraction of sp³-hybridized carbons (Fsp3) is 0.105. The average molecular weight is 387 g/mol. The quantitative estimate of drug-likeness (QED) is 0.811. The van der Waals surface area contributed by atoms with Crippen molar-refractivity contribution in [3.05, 3.63) is 65.9 Å². The number of hydrogen-bond donors (Lipinski definition) is 1. The van der Waals surface area contributed by atoms with Crippen molar-refractivity contribution >= 4 is 23.0 Å². The van der Waals surface area contributed by atoms with E-state index in [-0.39, 0.29) is 16.8 Å². The normalized spacial score (nSPS) is 18.5. The summed E-state index contributed by atoms with van der Waals surface area (Å²) in [6.45, 7) is 0. The largest absolute Gasteiger partial charge is 0.497 e. The molecule has 0 saturated heterocycles. The molecule has 0 fully saturated rings. The van der Waals surface area contributed by atoms with Gasteiger partial charge in [-0.05, 0) is 18.2 Å². The molecule has 28 heavy (non-hydrogen) atoms. The van der Waals surface area contributed by atoms with E-state index in [1.54, 1.807) is 24.3 Å². The molecule has 3 rings (SSSR count). The number of alkyl halides is 3. The molecule has 0 aromatic heterocycles. The lowest BCUT2D eigenvalue weighted by Gasteiger charge is -2.25. The van der Waals surface area contributed by atoms with E-state index in [1.165, 1.54) is 31.5 Å². The van der Waals surface area contributed by atoms with Gasteiger partial charge in [0.2, 0.25) is 11.6 Å². The van der Waals surface area contributed by atoms with Crippen molar-refractivity contribution < 1.29 is 22.7 Å². The molecule has 2 aromatic carbocycles. The second kappa shape index (κ2) is 6.83. The Kier molecular flexibility index (Phi) is 4.66. The zero-order valence-corrected chi connectivity index (χ0v) is 14.6. The van der Waals surface area contributed by atoms with E-state index in [4.69, 9.17) is 15.7 Å². The zero-order valence-electron chi connectivity index (χ0n) is 14.6. The predicted molar refractivity (Wildman–Crippen MR) is 96.8 cm³/mol. The molecule has 1 atom stereocenters. The van der Waals surface area contributed by atoms with E-state index in [1.807, 2.05) is 6.07 Å². The molecule has 0 aliphatic carbocycles. The van der Waals surface area contributed by atoms with Gasteiger partial charge in [-0.2, -0.15) is 18.4 Å². The SMILES string of the molecule is COc1ccc([N+]2(c3ccc(C#N)c(C(N)=O)c3)C=CC(C(F)(F)F)=N2)cc1. The molecule has 1 unspecified atom stereocenters. The van der Waals surface area contributed by atoms with Gasteiger partial charge in [-0.15, -0.1) is 4.59 Å². The van der Waals surface area contributed by atoms with Gasteiger partial charge in [-0.1, -0.05) is 5.10 Å². The number of benzene rings is 2. The smallest absolute Gasteiger partial charge is 0.438 e. The van der Waals surface area contributed by atoms with Crippen LogP contribution in [0.25, 0.3) is 0 Å². The van der Waals surface area contributed by atoms with Crippen LogP contribution in [-0.2, 0) is 0 Å². The van der Waals surface area contributed by atoms with Gasteiger partial charge in [-0.3, -0.25) is 4.79 Å². The number of halogens is 3. The number of nitriles is 1. The number of ether oxygens (including phenoxy) is 1. The topological polar surface area (TPSA) is 88.5 Å². The van der Waals surface area contributed by atoms with Gasteiger partial charge in [-0.25, -0.2) is 0 Å². The van der Waals surface area contributed by atoms with Crippen LogP contribution in [0.15, 0.2) is 59.8 Å². The van der Waals surface area contributed by atoms with E-state index < -0.39 is 22.4 Å². The first kappa shape index (κ1) is 19.1. The predicted octanol–water partition coefficient (Wildman–Crippen LogP) is 3.75. The molecule has 0 saturated carbocycles. The number of nitrogens with zero attached hydrogens (tertiary/aromatic N) is 3. The fourth-order valence-corrected chi connectivity index (χ4v) is 2.86. The molecule has 142 valence electrons. The number of quaternary nitrogens is 1. The van der Waals surface area contributed by atoms with Gasteiger partial charge in [0.25, 0.3) is 0 Å². The lowest BCUT2D eigenvalue weighted by Crippen LogP contribution is -2.32. The van der Waals surface area contributed by atoms with E-state index in [2.05, 4.69) is 5.10 Å². The van der Waals surface area contributed by atoms with Crippen LogP contribution in [0.5, 0.6) is 5.75 Å². The van der Waals surface area contributed by atoms with Crippen LogP contribution >= 0.6 is 0 Å². The summed E-state index contributed by atoms with van der Waals surface area (Å²) < 4.78 is 44.2. The van der Waals surface area contributed by atoms with Gasteiger partial charge in [0, 0.05) is 30.3 Å². The highest BCUT2D eigenvalue weighted by molar-refractivity contribution is 6.02. The number of nitrogens with two attached hydrogens (primary N) is 1. The second-order valence-corrected chi connectivity index (χ2v) is 5.89. The summed E-state index contributed by atoms with van der Waals surface area (Å²) in [5.74, 6) is -0.350. The van der Waals surface area contributed by atoms with Crippen LogP contribution in [0, 0.1) is 11.3 Å².